The molecule has 18 heavy (non-hydrogen) atoms. The number of hydrogen-bond donors (Lipinski definition) is 1. The number of hydrogen-bond acceptors (Lipinski definition) is 3. The Balaban J connectivity index is 2.90. The maximum atomic E-state index is 11.2. The zero-order valence-corrected chi connectivity index (χ0v) is 11.5. The van der Waals surface area contributed by atoms with Crippen LogP contribution in [-0.2, 0) is 0 Å². The third-order valence-electron chi connectivity index (χ3n) is 2.81. The first-order valence-corrected chi connectivity index (χ1v) is 6.30. The zero-order chi connectivity index (χ0) is 13.7. The molecular weight excluding hydrogens is 230 g/mol. The molecule has 0 fully saturated rings. The van der Waals surface area contributed by atoms with Crippen molar-refractivity contribution in [2.24, 2.45) is 5.92 Å². The van der Waals surface area contributed by atoms with E-state index in [1.54, 1.807) is 13.0 Å². The Kier molecular flexibility index (Phi) is 5.13. The van der Waals surface area contributed by atoms with Gasteiger partial charge in [0.2, 0.25) is 0 Å². The molecule has 1 aromatic rings. The Morgan fingerprint density at radius 1 is 1.50 bits per heavy atom. The highest BCUT2D eigenvalue weighted by Gasteiger charge is 2.17. The van der Waals surface area contributed by atoms with Crippen molar-refractivity contribution >= 4 is 5.97 Å². The van der Waals surface area contributed by atoms with Gasteiger partial charge in [0.1, 0.15) is 11.3 Å². The summed E-state index contributed by atoms with van der Waals surface area (Å²) in [6.45, 7) is 8.29. The number of nitrogens with zero attached hydrogens (tertiary/aromatic N) is 1. The van der Waals surface area contributed by atoms with Gasteiger partial charge in [-0.3, -0.25) is 4.98 Å². The van der Waals surface area contributed by atoms with Crippen LogP contribution in [-0.4, -0.2) is 22.7 Å². The molecule has 0 aliphatic rings. The Morgan fingerprint density at radius 2 is 2.17 bits per heavy atom. The molecule has 1 aromatic heterocycles. The summed E-state index contributed by atoms with van der Waals surface area (Å²) in [5, 5.41) is 9.19. The van der Waals surface area contributed by atoms with Gasteiger partial charge >= 0.3 is 5.97 Å². The molecule has 0 amide bonds. The van der Waals surface area contributed by atoms with Crippen LogP contribution in [0.3, 0.4) is 0 Å². The van der Waals surface area contributed by atoms with Gasteiger partial charge in [-0.2, -0.15) is 0 Å². The van der Waals surface area contributed by atoms with E-state index in [2.05, 4.69) is 18.8 Å². The van der Waals surface area contributed by atoms with Crippen LogP contribution in [0.5, 0.6) is 5.75 Å². The first-order chi connectivity index (χ1) is 8.45. The topological polar surface area (TPSA) is 59.4 Å². The molecular formula is C14H21NO3. The second-order valence-electron chi connectivity index (χ2n) is 4.73. The smallest absolute Gasteiger partial charge is 0.341 e. The van der Waals surface area contributed by atoms with E-state index in [0.717, 1.165) is 18.5 Å². The second kappa shape index (κ2) is 6.38. The lowest BCUT2D eigenvalue weighted by molar-refractivity contribution is 0.0689. The molecule has 1 atom stereocenters. The minimum absolute atomic E-state index is 0.171. The lowest BCUT2D eigenvalue weighted by atomic mass is 10.1. The highest BCUT2D eigenvalue weighted by molar-refractivity contribution is 5.92. The largest absolute Gasteiger partial charge is 0.492 e. The maximum Gasteiger partial charge on any atom is 0.341 e. The van der Waals surface area contributed by atoms with Crippen LogP contribution >= 0.6 is 0 Å². The standard InChI is InChI=1S/C14H21NO3/c1-5-6-9(2)8-18-12-7-10(3)15-11(4)13(12)14(16)17/h7,9H,5-6,8H2,1-4H3,(H,16,17). The van der Waals surface area contributed by atoms with Crippen molar-refractivity contribution in [2.75, 3.05) is 6.61 Å². The molecule has 1 rings (SSSR count). The molecule has 0 spiro atoms. The summed E-state index contributed by atoms with van der Waals surface area (Å²) in [5.74, 6) is -0.140. The average molecular weight is 251 g/mol. The van der Waals surface area contributed by atoms with E-state index >= 15 is 0 Å². The van der Waals surface area contributed by atoms with Gasteiger partial charge in [-0.05, 0) is 26.2 Å². The van der Waals surface area contributed by atoms with Gasteiger partial charge < -0.3 is 9.84 Å². The molecule has 0 bridgehead atoms. The number of pyridine rings is 1. The molecule has 0 aliphatic heterocycles. The fourth-order valence-corrected chi connectivity index (χ4v) is 1.98. The highest BCUT2D eigenvalue weighted by atomic mass is 16.5. The number of ether oxygens (including phenoxy) is 1. The van der Waals surface area contributed by atoms with Crippen LogP contribution in [0.1, 0.15) is 48.4 Å². The number of carboxylic acids is 1. The first-order valence-electron chi connectivity index (χ1n) is 6.30. The van der Waals surface area contributed by atoms with Crippen molar-refractivity contribution in [2.45, 2.75) is 40.5 Å². The number of rotatable bonds is 6. The van der Waals surface area contributed by atoms with Crippen molar-refractivity contribution in [1.29, 1.82) is 0 Å². The number of aromatic carboxylic acids is 1. The molecule has 4 heteroatoms. The summed E-state index contributed by atoms with van der Waals surface area (Å²) in [6, 6.07) is 1.69. The average Bonchev–Trinajstić information content (AvgIpc) is 2.25. The van der Waals surface area contributed by atoms with E-state index < -0.39 is 5.97 Å². The Labute approximate surface area is 108 Å². The maximum absolute atomic E-state index is 11.2. The number of carbonyl (C=O) groups is 1. The van der Waals surface area contributed by atoms with Crippen molar-refractivity contribution in [3.05, 3.63) is 23.0 Å². The van der Waals surface area contributed by atoms with Gasteiger partial charge in [0.15, 0.2) is 0 Å². The van der Waals surface area contributed by atoms with E-state index in [9.17, 15) is 9.90 Å². The molecule has 0 aliphatic carbocycles. The lowest BCUT2D eigenvalue weighted by Gasteiger charge is -2.15. The predicted octanol–water partition coefficient (Wildman–Crippen LogP) is 3.21. The molecule has 0 saturated carbocycles. The fraction of sp³-hybridized carbons (Fsp3) is 0.571. The third-order valence-corrected chi connectivity index (χ3v) is 2.81. The van der Waals surface area contributed by atoms with Crippen molar-refractivity contribution in [1.82, 2.24) is 4.98 Å². The Hall–Kier alpha value is -1.58. The number of aryl methyl sites for hydroxylation is 2. The van der Waals surface area contributed by atoms with Crippen LogP contribution in [0.4, 0.5) is 0 Å². The quantitative estimate of drug-likeness (QED) is 0.843. The fourth-order valence-electron chi connectivity index (χ4n) is 1.98. The summed E-state index contributed by atoms with van der Waals surface area (Å²) >= 11 is 0. The van der Waals surface area contributed by atoms with Gasteiger partial charge in [-0.25, -0.2) is 4.79 Å². The normalized spacial score (nSPS) is 12.2. The predicted molar refractivity (Wildman–Crippen MR) is 70.2 cm³/mol. The lowest BCUT2D eigenvalue weighted by Crippen LogP contribution is -2.13. The van der Waals surface area contributed by atoms with Crippen LogP contribution in [0.2, 0.25) is 0 Å². The van der Waals surface area contributed by atoms with E-state index in [4.69, 9.17) is 4.74 Å². The van der Waals surface area contributed by atoms with Crippen LogP contribution in [0.15, 0.2) is 6.07 Å². The summed E-state index contributed by atoms with van der Waals surface area (Å²) in [5.41, 5.74) is 1.44. The summed E-state index contributed by atoms with van der Waals surface area (Å²) in [6.07, 6.45) is 2.18. The molecule has 1 N–H and O–H groups in total. The molecule has 1 unspecified atom stereocenters. The summed E-state index contributed by atoms with van der Waals surface area (Å²) < 4.78 is 5.65. The van der Waals surface area contributed by atoms with E-state index in [-0.39, 0.29) is 5.56 Å². The van der Waals surface area contributed by atoms with Gasteiger partial charge in [-0.1, -0.05) is 20.3 Å². The summed E-state index contributed by atoms with van der Waals surface area (Å²) in [4.78, 5) is 15.4. The van der Waals surface area contributed by atoms with Crippen LogP contribution < -0.4 is 4.74 Å². The van der Waals surface area contributed by atoms with Crippen molar-refractivity contribution < 1.29 is 14.6 Å². The Morgan fingerprint density at radius 3 is 2.72 bits per heavy atom. The number of carboxylic acid groups (broad SMARTS) is 1. The zero-order valence-electron chi connectivity index (χ0n) is 11.5. The van der Waals surface area contributed by atoms with Gasteiger partial charge in [-0.15, -0.1) is 0 Å². The van der Waals surface area contributed by atoms with Crippen LogP contribution in [0.25, 0.3) is 0 Å². The second-order valence-corrected chi connectivity index (χ2v) is 4.73. The minimum Gasteiger partial charge on any atom is -0.492 e. The molecule has 1 heterocycles. The van der Waals surface area contributed by atoms with Crippen LogP contribution in [0, 0.1) is 19.8 Å². The minimum atomic E-state index is -0.988. The highest BCUT2D eigenvalue weighted by Crippen LogP contribution is 2.23. The van der Waals surface area contributed by atoms with Crippen molar-refractivity contribution in [3.8, 4) is 5.75 Å². The molecule has 0 saturated heterocycles. The van der Waals surface area contributed by atoms with E-state index in [0.29, 0.717) is 24.0 Å². The van der Waals surface area contributed by atoms with Crippen molar-refractivity contribution in [3.63, 3.8) is 0 Å². The summed E-state index contributed by atoms with van der Waals surface area (Å²) in [7, 11) is 0. The molecule has 0 aromatic carbocycles. The molecule has 100 valence electrons. The SMILES string of the molecule is CCCC(C)COc1cc(C)nc(C)c1C(=O)O. The first kappa shape index (κ1) is 14.5. The molecule has 4 nitrogen and oxygen atoms in total. The van der Waals surface area contributed by atoms with Gasteiger partial charge in [0.25, 0.3) is 0 Å². The van der Waals surface area contributed by atoms with E-state index in [1.165, 1.54) is 0 Å². The third kappa shape index (κ3) is 3.72. The Bertz CT molecular complexity index is 429. The van der Waals surface area contributed by atoms with Gasteiger partial charge in [0.05, 0.1) is 12.3 Å². The van der Waals surface area contributed by atoms with Gasteiger partial charge in [0, 0.05) is 11.8 Å². The van der Waals surface area contributed by atoms with E-state index in [1.807, 2.05) is 6.92 Å². The molecule has 0 radical (unpaired) electrons. The monoisotopic (exact) mass is 251 g/mol. The number of aromatic nitrogens is 1.